The third-order valence-corrected chi connectivity index (χ3v) is 6.39. The molecule has 4 N–H and O–H groups in total. The first-order chi connectivity index (χ1) is 15.4. The Morgan fingerprint density at radius 2 is 1.84 bits per heavy atom. The molecule has 0 aliphatic carbocycles. The van der Waals surface area contributed by atoms with Crippen LogP contribution in [0.15, 0.2) is 48.7 Å². The van der Waals surface area contributed by atoms with E-state index in [1.165, 1.54) is 0 Å². The summed E-state index contributed by atoms with van der Waals surface area (Å²) < 4.78 is 0. The zero-order valence-electron chi connectivity index (χ0n) is 18.7. The van der Waals surface area contributed by atoms with Gasteiger partial charge in [-0.05, 0) is 56.3 Å². The highest BCUT2D eigenvalue weighted by atomic mass is 16.3. The largest absolute Gasteiger partial charge is 0.508 e. The minimum Gasteiger partial charge on any atom is -0.508 e. The van der Waals surface area contributed by atoms with Gasteiger partial charge in [0.2, 0.25) is 0 Å². The second kappa shape index (κ2) is 9.73. The number of likely N-dealkylation sites (N-methyl/N-ethyl adjacent to an activating group) is 1. The molecule has 2 atom stereocenters. The molecule has 4 rings (SSSR count). The van der Waals surface area contributed by atoms with Crippen molar-refractivity contribution in [1.29, 1.82) is 0 Å². The summed E-state index contributed by atoms with van der Waals surface area (Å²) in [5, 5.41) is 24.4. The average molecular weight is 437 g/mol. The van der Waals surface area contributed by atoms with Crippen molar-refractivity contribution in [3.05, 3.63) is 65.4 Å². The van der Waals surface area contributed by atoms with E-state index in [0.29, 0.717) is 6.54 Å². The number of piperazine rings is 1. The first-order valence-corrected chi connectivity index (χ1v) is 11.2. The third-order valence-electron chi connectivity index (χ3n) is 6.39. The molecule has 0 unspecified atom stereocenters. The first kappa shape index (κ1) is 22.3. The maximum absolute atomic E-state index is 13.1. The van der Waals surface area contributed by atoms with Crippen LogP contribution in [0.2, 0.25) is 0 Å². The summed E-state index contributed by atoms with van der Waals surface area (Å²) in [6, 6.07) is 12.4. The van der Waals surface area contributed by atoms with E-state index in [-0.39, 0.29) is 17.7 Å². The van der Waals surface area contributed by atoms with Crippen molar-refractivity contribution in [3.8, 4) is 5.75 Å². The molecule has 1 aromatic heterocycles. The Bertz CT molecular complexity index is 1050. The van der Waals surface area contributed by atoms with Crippen LogP contribution in [0.5, 0.6) is 5.75 Å². The van der Waals surface area contributed by atoms with E-state index in [4.69, 9.17) is 0 Å². The second-order valence-electron chi connectivity index (χ2n) is 8.67. The van der Waals surface area contributed by atoms with Gasteiger partial charge in [0.25, 0.3) is 5.91 Å². The number of benzene rings is 2. The first-order valence-electron chi connectivity index (χ1n) is 11.2. The number of aliphatic hydroxyl groups excluding tert-OH is 1. The third kappa shape index (κ3) is 4.80. The number of carbonyl (C=O) groups excluding carboxylic acids is 1. The molecule has 2 aromatic carbocycles. The fourth-order valence-corrected chi connectivity index (χ4v) is 4.28. The highest BCUT2D eigenvalue weighted by Crippen LogP contribution is 2.24. The molecule has 7 heteroatoms. The van der Waals surface area contributed by atoms with Crippen molar-refractivity contribution in [2.45, 2.75) is 25.5 Å². The summed E-state index contributed by atoms with van der Waals surface area (Å²) in [4.78, 5) is 20.6. The minimum atomic E-state index is -0.661. The van der Waals surface area contributed by atoms with Gasteiger partial charge in [-0.15, -0.1) is 0 Å². The van der Waals surface area contributed by atoms with Gasteiger partial charge in [0.05, 0.1) is 17.2 Å². The molecular formula is C25H32N4O3. The second-order valence-corrected chi connectivity index (χ2v) is 8.67. The van der Waals surface area contributed by atoms with Crippen LogP contribution in [0.4, 0.5) is 0 Å². The topological polar surface area (TPSA) is 91.8 Å². The number of hydrogen-bond acceptors (Lipinski definition) is 5. The Balaban J connectivity index is 1.39. The van der Waals surface area contributed by atoms with Gasteiger partial charge in [-0.3, -0.25) is 4.79 Å². The van der Waals surface area contributed by atoms with E-state index >= 15 is 0 Å². The van der Waals surface area contributed by atoms with E-state index in [1.807, 2.05) is 30.2 Å². The van der Waals surface area contributed by atoms with Gasteiger partial charge in [-0.2, -0.15) is 0 Å². The number of phenolic OH excluding ortho intramolecular Hbond substituents is 1. The monoisotopic (exact) mass is 436 g/mol. The number of aromatic nitrogens is 1. The standard InChI is InChI=1S/C25H32N4O3/c1-17(24(31)18-6-8-20(30)9-7-18)26-11-10-19-16-27-23-21(19)4-3-5-22(23)25(32)29-14-12-28(2)13-15-29/h3-9,16-17,24,26-27,30-31H,10-15H2,1-2H3/t17-,24-/m0/s1. The molecule has 1 saturated heterocycles. The molecule has 1 fully saturated rings. The molecule has 32 heavy (non-hydrogen) atoms. The van der Waals surface area contributed by atoms with Crippen LogP contribution in [-0.2, 0) is 6.42 Å². The predicted molar refractivity (Wildman–Crippen MR) is 126 cm³/mol. The number of nitrogens with one attached hydrogen (secondary N) is 2. The van der Waals surface area contributed by atoms with Gasteiger partial charge in [0.1, 0.15) is 5.75 Å². The van der Waals surface area contributed by atoms with E-state index in [0.717, 1.165) is 60.2 Å². The summed E-state index contributed by atoms with van der Waals surface area (Å²) in [5.74, 6) is 0.271. The number of aromatic amines is 1. The summed E-state index contributed by atoms with van der Waals surface area (Å²) in [5.41, 5.74) is 3.53. The highest BCUT2D eigenvalue weighted by molar-refractivity contribution is 6.06. The fourth-order valence-electron chi connectivity index (χ4n) is 4.28. The van der Waals surface area contributed by atoms with Gasteiger partial charge >= 0.3 is 0 Å². The molecule has 1 aliphatic rings. The summed E-state index contributed by atoms with van der Waals surface area (Å²) in [6.07, 6.45) is 2.10. The molecule has 2 heterocycles. The number of fused-ring (bicyclic) bond motifs is 1. The van der Waals surface area contributed by atoms with Crippen molar-refractivity contribution in [3.63, 3.8) is 0 Å². The predicted octanol–water partition coefficient (Wildman–Crippen LogP) is 2.52. The van der Waals surface area contributed by atoms with E-state index in [9.17, 15) is 15.0 Å². The number of hydrogen-bond donors (Lipinski definition) is 4. The van der Waals surface area contributed by atoms with E-state index in [2.05, 4.69) is 28.3 Å². The molecule has 170 valence electrons. The number of para-hydroxylation sites is 1. The van der Waals surface area contributed by atoms with Crippen molar-refractivity contribution in [2.24, 2.45) is 0 Å². The molecule has 0 saturated carbocycles. The molecule has 3 aromatic rings. The van der Waals surface area contributed by atoms with Gasteiger partial charge in [0.15, 0.2) is 0 Å². The van der Waals surface area contributed by atoms with Crippen molar-refractivity contribution < 1.29 is 15.0 Å². The lowest BCUT2D eigenvalue weighted by Crippen LogP contribution is -2.47. The minimum absolute atomic E-state index is 0.0841. The van der Waals surface area contributed by atoms with Gasteiger partial charge in [-0.25, -0.2) is 0 Å². The average Bonchev–Trinajstić information content (AvgIpc) is 3.22. The fraction of sp³-hybridized carbons (Fsp3) is 0.400. The Morgan fingerprint density at radius 1 is 1.12 bits per heavy atom. The number of H-pyrrole nitrogens is 1. The molecule has 1 amide bonds. The number of carbonyl (C=O) groups is 1. The van der Waals surface area contributed by atoms with Crippen molar-refractivity contribution in [2.75, 3.05) is 39.8 Å². The zero-order valence-corrected chi connectivity index (χ0v) is 18.7. The molecule has 7 nitrogen and oxygen atoms in total. The molecular weight excluding hydrogens is 404 g/mol. The van der Waals surface area contributed by atoms with Crippen LogP contribution in [0.1, 0.15) is 34.5 Å². The highest BCUT2D eigenvalue weighted by Gasteiger charge is 2.23. The van der Waals surface area contributed by atoms with Crippen LogP contribution in [0.3, 0.4) is 0 Å². The number of nitrogens with zero attached hydrogens (tertiary/aromatic N) is 2. The quantitative estimate of drug-likeness (QED) is 0.457. The molecule has 0 bridgehead atoms. The molecule has 0 spiro atoms. The van der Waals surface area contributed by atoms with Crippen LogP contribution in [-0.4, -0.2) is 76.7 Å². The van der Waals surface area contributed by atoms with Crippen LogP contribution in [0.25, 0.3) is 10.9 Å². The Morgan fingerprint density at radius 3 is 2.56 bits per heavy atom. The maximum atomic E-state index is 13.1. The van der Waals surface area contributed by atoms with Crippen LogP contribution >= 0.6 is 0 Å². The SMILES string of the molecule is C[C@H](NCCc1c[nH]c2c(C(=O)N3CCN(C)CC3)cccc12)[C@H](O)c1ccc(O)cc1. The van der Waals surface area contributed by atoms with E-state index in [1.54, 1.807) is 24.3 Å². The Hall–Kier alpha value is -2.87. The lowest BCUT2D eigenvalue weighted by atomic mass is 10.0. The lowest BCUT2D eigenvalue weighted by molar-refractivity contribution is 0.0666. The Kier molecular flexibility index (Phi) is 6.79. The molecule has 0 radical (unpaired) electrons. The van der Waals surface area contributed by atoms with Crippen molar-refractivity contribution >= 4 is 16.8 Å². The summed E-state index contributed by atoms with van der Waals surface area (Å²) >= 11 is 0. The normalized spacial score (nSPS) is 16.9. The summed E-state index contributed by atoms with van der Waals surface area (Å²) in [6.45, 7) is 5.95. The van der Waals surface area contributed by atoms with Gasteiger partial charge in [0, 0.05) is 43.8 Å². The number of rotatable bonds is 7. The molecule has 1 aliphatic heterocycles. The van der Waals surface area contributed by atoms with Gasteiger partial charge < -0.3 is 30.3 Å². The maximum Gasteiger partial charge on any atom is 0.256 e. The number of aliphatic hydroxyl groups is 1. The lowest BCUT2D eigenvalue weighted by Gasteiger charge is -2.32. The van der Waals surface area contributed by atoms with E-state index < -0.39 is 6.10 Å². The smallest absolute Gasteiger partial charge is 0.256 e. The summed E-state index contributed by atoms with van der Waals surface area (Å²) in [7, 11) is 2.08. The van der Waals surface area contributed by atoms with Crippen LogP contribution < -0.4 is 5.32 Å². The van der Waals surface area contributed by atoms with Crippen LogP contribution in [0, 0.1) is 0 Å². The zero-order chi connectivity index (χ0) is 22.7. The Labute approximate surface area is 188 Å². The number of phenols is 1. The number of amides is 1. The number of aromatic hydroxyl groups is 1. The van der Waals surface area contributed by atoms with Crippen molar-refractivity contribution in [1.82, 2.24) is 20.1 Å². The van der Waals surface area contributed by atoms with Gasteiger partial charge in [-0.1, -0.05) is 24.3 Å².